The average Bonchev–Trinajstić information content (AvgIpc) is 2.59. The van der Waals surface area contributed by atoms with Gasteiger partial charge >= 0.3 is 0 Å². The number of fused-ring (bicyclic) bond motifs is 1. The molecule has 2 heterocycles. The van der Waals surface area contributed by atoms with Gasteiger partial charge in [-0.2, -0.15) is 0 Å². The van der Waals surface area contributed by atoms with Crippen LogP contribution >= 0.6 is 0 Å². The van der Waals surface area contributed by atoms with Crippen LogP contribution in [0.25, 0.3) is 5.65 Å². The number of nitrogens with zero attached hydrogens (tertiary/aromatic N) is 2. The summed E-state index contributed by atoms with van der Waals surface area (Å²) in [4.78, 5) is 4.54. The largest absolute Gasteiger partial charge is 0.304 e. The highest BCUT2D eigenvalue weighted by Crippen LogP contribution is 2.17. The van der Waals surface area contributed by atoms with Gasteiger partial charge in [-0.15, -0.1) is 0 Å². The van der Waals surface area contributed by atoms with E-state index in [1.807, 2.05) is 0 Å². The normalized spacial score (nSPS) is 11.4. The molecule has 2 aromatic rings. The highest BCUT2D eigenvalue weighted by molar-refractivity contribution is 5.42. The van der Waals surface area contributed by atoms with Gasteiger partial charge in [-0.05, 0) is 24.5 Å². The molecule has 0 bridgehead atoms. The zero-order valence-corrected chi connectivity index (χ0v) is 8.99. The first kappa shape index (κ1) is 9.25. The number of hydrogen-bond acceptors (Lipinski definition) is 1. The lowest BCUT2D eigenvalue weighted by molar-refractivity contribution is 0.801. The Kier molecular flexibility index (Phi) is 2.28. The molecular formula is C12H16N2. The Bertz CT molecular complexity index is 441. The molecule has 0 saturated heterocycles. The van der Waals surface area contributed by atoms with E-state index in [1.54, 1.807) is 0 Å². The summed E-state index contributed by atoms with van der Waals surface area (Å²) in [5.74, 6) is 0.539. The second-order valence-electron chi connectivity index (χ2n) is 3.92. The van der Waals surface area contributed by atoms with Crippen LogP contribution in [-0.2, 0) is 6.42 Å². The molecule has 0 aromatic carbocycles. The minimum atomic E-state index is 0.539. The Balaban J connectivity index is 2.66. The molecule has 0 spiro atoms. The smallest absolute Gasteiger partial charge is 0.137 e. The van der Waals surface area contributed by atoms with Gasteiger partial charge in [0, 0.05) is 11.9 Å². The predicted octanol–water partition coefficient (Wildman–Crippen LogP) is 3.02. The lowest BCUT2D eigenvalue weighted by atomic mass is 10.1. The third-order valence-corrected chi connectivity index (χ3v) is 2.53. The van der Waals surface area contributed by atoms with Gasteiger partial charge in [0.1, 0.15) is 5.65 Å². The first-order valence-corrected chi connectivity index (χ1v) is 5.19. The molecule has 74 valence electrons. The number of rotatable bonds is 2. The topological polar surface area (TPSA) is 17.3 Å². The summed E-state index contributed by atoms with van der Waals surface area (Å²) < 4.78 is 2.20. The van der Waals surface area contributed by atoms with Gasteiger partial charge in [0.2, 0.25) is 0 Å². The van der Waals surface area contributed by atoms with E-state index in [0.717, 1.165) is 17.8 Å². The predicted molar refractivity (Wildman–Crippen MR) is 58.7 cm³/mol. The van der Waals surface area contributed by atoms with Crippen LogP contribution in [0.4, 0.5) is 0 Å². The van der Waals surface area contributed by atoms with Crippen LogP contribution in [0.3, 0.4) is 0 Å². The number of imidazole rings is 1. The summed E-state index contributed by atoms with van der Waals surface area (Å²) >= 11 is 0. The minimum Gasteiger partial charge on any atom is -0.304 e. The fraction of sp³-hybridized carbons (Fsp3) is 0.417. The van der Waals surface area contributed by atoms with E-state index >= 15 is 0 Å². The summed E-state index contributed by atoms with van der Waals surface area (Å²) in [6, 6.07) is 6.31. The molecule has 2 rings (SSSR count). The van der Waals surface area contributed by atoms with Gasteiger partial charge in [-0.3, -0.25) is 0 Å². The van der Waals surface area contributed by atoms with Crippen molar-refractivity contribution in [3.8, 4) is 0 Å². The molecule has 2 aromatic heterocycles. The number of aromatic nitrogens is 2. The molecule has 0 atom stereocenters. The second-order valence-corrected chi connectivity index (χ2v) is 3.92. The Labute approximate surface area is 84.6 Å². The molecule has 0 aliphatic rings. The van der Waals surface area contributed by atoms with Crippen molar-refractivity contribution in [1.29, 1.82) is 0 Å². The molecular weight excluding hydrogens is 172 g/mol. The van der Waals surface area contributed by atoms with Crippen molar-refractivity contribution in [3.63, 3.8) is 0 Å². The van der Waals surface area contributed by atoms with Crippen molar-refractivity contribution >= 4 is 5.65 Å². The molecule has 0 amide bonds. The lowest BCUT2D eigenvalue weighted by Crippen LogP contribution is -1.96. The van der Waals surface area contributed by atoms with Crippen LogP contribution in [0.2, 0.25) is 0 Å². The molecule has 0 radical (unpaired) electrons. The average molecular weight is 188 g/mol. The first-order chi connectivity index (χ1) is 6.72. The molecule has 0 unspecified atom stereocenters. The van der Waals surface area contributed by atoms with E-state index in [-0.39, 0.29) is 0 Å². The van der Waals surface area contributed by atoms with Gasteiger partial charge in [-0.25, -0.2) is 4.98 Å². The van der Waals surface area contributed by atoms with E-state index in [2.05, 4.69) is 54.6 Å². The summed E-state index contributed by atoms with van der Waals surface area (Å²) in [5.41, 5.74) is 3.56. The lowest BCUT2D eigenvalue weighted by Gasteiger charge is -2.07. The summed E-state index contributed by atoms with van der Waals surface area (Å²) in [6.07, 6.45) is 3.14. The highest BCUT2D eigenvalue weighted by Gasteiger charge is 2.06. The Morgan fingerprint density at radius 2 is 2.14 bits per heavy atom. The molecule has 0 aliphatic carbocycles. The third kappa shape index (κ3) is 1.41. The molecule has 0 N–H and O–H groups in total. The van der Waals surface area contributed by atoms with Gasteiger partial charge < -0.3 is 4.40 Å². The van der Waals surface area contributed by atoms with Gasteiger partial charge in [0.25, 0.3) is 0 Å². The zero-order chi connectivity index (χ0) is 10.1. The Hall–Kier alpha value is -1.31. The van der Waals surface area contributed by atoms with Gasteiger partial charge in [-0.1, -0.05) is 26.8 Å². The van der Waals surface area contributed by atoms with E-state index < -0.39 is 0 Å². The van der Waals surface area contributed by atoms with E-state index in [4.69, 9.17) is 0 Å². The summed E-state index contributed by atoms with van der Waals surface area (Å²) in [6.45, 7) is 6.55. The third-order valence-electron chi connectivity index (χ3n) is 2.53. The van der Waals surface area contributed by atoms with Crippen LogP contribution < -0.4 is 0 Å². The van der Waals surface area contributed by atoms with Crippen molar-refractivity contribution in [1.82, 2.24) is 9.38 Å². The number of aryl methyl sites for hydroxylation is 1. The van der Waals surface area contributed by atoms with Crippen LogP contribution in [0.1, 0.15) is 38.1 Å². The molecule has 14 heavy (non-hydrogen) atoms. The van der Waals surface area contributed by atoms with Crippen LogP contribution in [0, 0.1) is 0 Å². The molecule has 2 heteroatoms. The van der Waals surface area contributed by atoms with E-state index in [9.17, 15) is 0 Å². The summed E-state index contributed by atoms with van der Waals surface area (Å²) in [5, 5.41) is 0. The van der Waals surface area contributed by atoms with Crippen molar-refractivity contribution in [3.05, 3.63) is 35.8 Å². The SMILES string of the molecule is CCc1cn2c(C(C)C)cccc2n1. The van der Waals surface area contributed by atoms with Gasteiger partial charge in [0.15, 0.2) is 0 Å². The van der Waals surface area contributed by atoms with Crippen LogP contribution in [-0.4, -0.2) is 9.38 Å². The zero-order valence-electron chi connectivity index (χ0n) is 8.99. The number of hydrogen-bond donors (Lipinski definition) is 0. The van der Waals surface area contributed by atoms with E-state index in [0.29, 0.717) is 5.92 Å². The molecule has 2 nitrogen and oxygen atoms in total. The molecule has 0 saturated carbocycles. The number of pyridine rings is 1. The molecule has 0 aliphatic heterocycles. The van der Waals surface area contributed by atoms with Crippen molar-refractivity contribution in [2.24, 2.45) is 0 Å². The molecule has 0 fully saturated rings. The second kappa shape index (κ2) is 3.45. The quantitative estimate of drug-likeness (QED) is 0.708. The van der Waals surface area contributed by atoms with Gasteiger partial charge in [0.05, 0.1) is 5.69 Å². The maximum atomic E-state index is 4.54. The maximum absolute atomic E-state index is 4.54. The van der Waals surface area contributed by atoms with E-state index in [1.165, 1.54) is 5.69 Å². The van der Waals surface area contributed by atoms with Crippen LogP contribution in [0.5, 0.6) is 0 Å². The standard InChI is InChI=1S/C12H16N2/c1-4-10-8-14-11(9(2)3)6-5-7-12(14)13-10/h5-9H,4H2,1-3H3. The minimum absolute atomic E-state index is 0.539. The maximum Gasteiger partial charge on any atom is 0.137 e. The van der Waals surface area contributed by atoms with Crippen molar-refractivity contribution in [2.45, 2.75) is 33.1 Å². The fourth-order valence-corrected chi connectivity index (χ4v) is 1.72. The highest BCUT2D eigenvalue weighted by atomic mass is 15.0. The Morgan fingerprint density at radius 1 is 1.36 bits per heavy atom. The first-order valence-electron chi connectivity index (χ1n) is 5.19. The monoisotopic (exact) mass is 188 g/mol. The fourth-order valence-electron chi connectivity index (χ4n) is 1.72. The van der Waals surface area contributed by atoms with Crippen molar-refractivity contribution < 1.29 is 0 Å². The Morgan fingerprint density at radius 3 is 2.79 bits per heavy atom. The van der Waals surface area contributed by atoms with Crippen LogP contribution in [0.15, 0.2) is 24.4 Å². The summed E-state index contributed by atoms with van der Waals surface area (Å²) in [7, 11) is 0. The van der Waals surface area contributed by atoms with Crippen molar-refractivity contribution in [2.75, 3.05) is 0 Å².